The fourth-order valence-electron chi connectivity index (χ4n) is 1.64. The molecule has 21 heavy (non-hydrogen) atoms. The monoisotopic (exact) mass is 357 g/mol. The molecular formula is C14H20BrN3O3. The minimum Gasteiger partial charge on any atom is -0.380 e. The molecule has 0 heterocycles. The van der Waals surface area contributed by atoms with Gasteiger partial charge >= 0.3 is 0 Å². The number of hydrogen-bond acceptors (Lipinski definition) is 4. The van der Waals surface area contributed by atoms with E-state index >= 15 is 0 Å². The molecule has 0 radical (unpaired) electrons. The normalized spacial score (nSPS) is 11.8. The van der Waals surface area contributed by atoms with Crippen LogP contribution < -0.4 is 16.4 Å². The second kappa shape index (κ2) is 8.76. The summed E-state index contributed by atoms with van der Waals surface area (Å²) in [6.07, 6.45) is -0.198. The van der Waals surface area contributed by atoms with E-state index in [2.05, 4.69) is 26.6 Å². The molecule has 0 aliphatic heterocycles. The summed E-state index contributed by atoms with van der Waals surface area (Å²) in [5.41, 5.74) is 7.09. The highest BCUT2D eigenvalue weighted by molar-refractivity contribution is 9.10. The number of methoxy groups -OCH3 is 1. The molecule has 1 aromatic rings. The number of rotatable bonds is 7. The van der Waals surface area contributed by atoms with Crippen molar-refractivity contribution in [3.63, 3.8) is 0 Å². The van der Waals surface area contributed by atoms with Crippen molar-refractivity contribution in [3.05, 3.63) is 28.2 Å². The van der Waals surface area contributed by atoms with E-state index in [-0.39, 0.29) is 37.4 Å². The highest BCUT2D eigenvalue weighted by atomic mass is 79.9. The lowest BCUT2D eigenvalue weighted by Crippen LogP contribution is -2.36. The highest BCUT2D eigenvalue weighted by Gasteiger charge is 2.12. The number of ether oxygens (including phenoxy) is 1. The van der Waals surface area contributed by atoms with Crippen LogP contribution >= 0.6 is 15.9 Å². The van der Waals surface area contributed by atoms with E-state index in [4.69, 9.17) is 10.5 Å². The number of halogens is 1. The van der Waals surface area contributed by atoms with Crippen molar-refractivity contribution in [2.24, 2.45) is 5.73 Å². The third-order valence-electron chi connectivity index (χ3n) is 2.93. The average molecular weight is 358 g/mol. The van der Waals surface area contributed by atoms with E-state index in [1.807, 2.05) is 25.1 Å². The van der Waals surface area contributed by atoms with Crippen LogP contribution in [0.15, 0.2) is 22.7 Å². The Bertz CT molecular complexity index is 504. The number of carbonyl (C=O) groups excluding carboxylic acids is 2. The van der Waals surface area contributed by atoms with Gasteiger partial charge in [-0.15, -0.1) is 0 Å². The van der Waals surface area contributed by atoms with Gasteiger partial charge in [-0.05, 0) is 24.6 Å². The Balaban J connectivity index is 2.44. The Morgan fingerprint density at radius 3 is 2.71 bits per heavy atom. The van der Waals surface area contributed by atoms with Crippen LogP contribution in [0.1, 0.15) is 12.0 Å². The molecule has 1 rings (SSSR count). The number of nitrogens with two attached hydrogens (primary N) is 1. The number of hydrogen-bond donors (Lipinski definition) is 3. The van der Waals surface area contributed by atoms with Gasteiger partial charge in [0.2, 0.25) is 11.8 Å². The molecule has 4 N–H and O–H groups in total. The predicted molar refractivity (Wildman–Crippen MR) is 85.0 cm³/mol. The fraction of sp³-hybridized carbons (Fsp3) is 0.429. The van der Waals surface area contributed by atoms with Crippen molar-refractivity contribution in [1.82, 2.24) is 5.32 Å². The van der Waals surface area contributed by atoms with Gasteiger partial charge in [0.1, 0.15) is 0 Å². The largest absolute Gasteiger partial charge is 0.380 e. The van der Waals surface area contributed by atoms with Gasteiger partial charge in [0.05, 0.1) is 19.1 Å². The van der Waals surface area contributed by atoms with Gasteiger partial charge in [0, 0.05) is 23.8 Å². The van der Waals surface area contributed by atoms with Gasteiger partial charge in [0.15, 0.2) is 0 Å². The Morgan fingerprint density at radius 2 is 2.10 bits per heavy atom. The molecule has 0 aromatic heterocycles. The minimum absolute atomic E-state index is 0.0915. The van der Waals surface area contributed by atoms with Crippen LogP contribution in [0.5, 0.6) is 0 Å². The number of carbonyl (C=O) groups is 2. The summed E-state index contributed by atoms with van der Waals surface area (Å²) in [6, 6.07) is 5.59. The summed E-state index contributed by atoms with van der Waals surface area (Å²) < 4.78 is 5.88. The van der Waals surface area contributed by atoms with Gasteiger partial charge < -0.3 is 21.1 Å². The van der Waals surface area contributed by atoms with Crippen molar-refractivity contribution < 1.29 is 14.3 Å². The van der Waals surface area contributed by atoms with Crippen LogP contribution in [0, 0.1) is 6.92 Å². The first kappa shape index (κ1) is 17.6. The first-order valence-corrected chi connectivity index (χ1v) is 7.31. The molecule has 0 bridgehead atoms. The van der Waals surface area contributed by atoms with Crippen molar-refractivity contribution in [1.29, 1.82) is 0 Å². The zero-order valence-electron chi connectivity index (χ0n) is 12.1. The van der Waals surface area contributed by atoms with Gasteiger partial charge in [-0.25, -0.2) is 0 Å². The Kier molecular flexibility index (Phi) is 7.35. The summed E-state index contributed by atoms with van der Waals surface area (Å²) in [6.45, 7) is 2.06. The molecule has 0 aliphatic rings. The van der Waals surface area contributed by atoms with Crippen LogP contribution in [0.2, 0.25) is 0 Å². The summed E-state index contributed by atoms with van der Waals surface area (Å²) in [4.78, 5) is 23.4. The molecule has 1 atom stereocenters. The first-order valence-electron chi connectivity index (χ1n) is 6.51. The van der Waals surface area contributed by atoms with Crippen LogP contribution in [-0.4, -0.2) is 38.1 Å². The van der Waals surface area contributed by atoms with E-state index in [9.17, 15) is 9.59 Å². The maximum absolute atomic E-state index is 11.8. The van der Waals surface area contributed by atoms with Gasteiger partial charge in [-0.1, -0.05) is 22.0 Å². The Hall–Kier alpha value is -1.44. The predicted octanol–water partition coefficient (Wildman–Crippen LogP) is 1.18. The lowest BCUT2D eigenvalue weighted by Gasteiger charge is -2.13. The van der Waals surface area contributed by atoms with Gasteiger partial charge in [-0.3, -0.25) is 9.59 Å². The van der Waals surface area contributed by atoms with Crippen LogP contribution in [0.3, 0.4) is 0 Å². The van der Waals surface area contributed by atoms with Crippen molar-refractivity contribution in [2.75, 3.05) is 25.5 Å². The smallest absolute Gasteiger partial charge is 0.243 e. The molecule has 0 spiro atoms. The fourth-order valence-corrected chi connectivity index (χ4v) is 2.01. The minimum atomic E-state index is -0.333. The SMILES string of the molecule is COC(CN)CC(=O)NCC(=O)Nc1cc(Br)ccc1C. The van der Waals surface area contributed by atoms with Crippen LogP contribution in [0.25, 0.3) is 0 Å². The van der Waals surface area contributed by atoms with E-state index in [0.29, 0.717) is 5.69 Å². The number of amides is 2. The molecule has 1 unspecified atom stereocenters. The zero-order valence-corrected chi connectivity index (χ0v) is 13.7. The third-order valence-corrected chi connectivity index (χ3v) is 3.42. The van der Waals surface area contributed by atoms with Crippen LogP contribution in [0.4, 0.5) is 5.69 Å². The molecule has 116 valence electrons. The Morgan fingerprint density at radius 1 is 1.38 bits per heavy atom. The standard InChI is InChI=1S/C14H20BrN3O3/c1-9-3-4-10(15)5-12(9)18-14(20)8-17-13(19)6-11(7-16)21-2/h3-5,11H,6-8,16H2,1-2H3,(H,17,19)(H,18,20). The van der Waals surface area contributed by atoms with Crippen molar-refractivity contribution >= 4 is 33.4 Å². The van der Waals surface area contributed by atoms with E-state index in [1.165, 1.54) is 7.11 Å². The van der Waals surface area contributed by atoms with Crippen molar-refractivity contribution in [3.8, 4) is 0 Å². The summed E-state index contributed by atoms with van der Waals surface area (Å²) in [5, 5.41) is 5.29. The lowest BCUT2D eigenvalue weighted by atomic mass is 10.2. The second-order valence-electron chi connectivity index (χ2n) is 4.58. The summed E-state index contributed by atoms with van der Waals surface area (Å²) in [5.74, 6) is -0.556. The topological polar surface area (TPSA) is 93.4 Å². The highest BCUT2D eigenvalue weighted by Crippen LogP contribution is 2.20. The lowest BCUT2D eigenvalue weighted by molar-refractivity contribution is -0.125. The molecule has 0 saturated heterocycles. The number of aryl methyl sites for hydroxylation is 1. The number of nitrogens with one attached hydrogen (secondary N) is 2. The van der Waals surface area contributed by atoms with E-state index in [1.54, 1.807) is 0 Å². The Labute approximate surface area is 132 Å². The van der Waals surface area contributed by atoms with E-state index < -0.39 is 0 Å². The average Bonchev–Trinajstić information content (AvgIpc) is 2.46. The molecule has 1 aromatic carbocycles. The summed E-state index contributed by atoms with van der Waals surface area (Å²) >= 11 is 3.34. The molecule has 6 nitrogen and oxygen atoms in total. The second-order valence-corrected chi connectivity index (χ2v) is 5.50. The first-order chi connectivity index (χ1) is 9.96. The van der Waals surface area contributed by atoms with Gasteiger partial charge in [0.25, 0.3) is 0 Å². The molecule has 2 amide bonds. The number of benzene rings is 1. The molecule has 7 heteroatoms. The summed E-state index contributed by atoms with van der Waals surface area (Å²) in [7, 11) is 1.49. The van der Waals surface area contributed by atoms with Gasteiger partial charge in [-0.2, -0.15) is 0 Å². The van der Waals surface area contributed by atoms with Crippen LogP contribution in [-0.2, 0) is 14.3 Å². The number of anilines is 1. The maximum Gasteiger partial charge on any atom is 0.243 e. The maximum atomic E-state index is 11.8. The van der Waals surface area contributed by atoms with Crippen molar-refractivity contribution in [2.45, 2.75) is 19.4 Å². The van der Waals surface area contributed by atoms with E-state index in [0.717, 1.165) is 10.0 Å². The molecule has 0 fully saturated rings. The zero-order chi connectivity index (χ0) is 15.8. The quantitative estimate of drug-likeness (QED) is 0.682. The molecule has 0 saturated carbocycles. The molecular weight excluding hydrogens is 338 g/mol. The third kappa shape index (κ3) is 6.24. The molecule has 0 aliphatic carbocycles.